The van der Waals surface area contributed by atoms with Gasteiger partial charge in [-0.1, -0.05) is 23.7 Å². The summed E-state index contributed by atoms with van der Waals surface area (Å²) < 4.78 is 19.0. The van der Waals surface area contributed by atoms with Crippen LogP contribution < -0.4 is 5.32 Å². The van der Waals surface area contributed by atoms with Gasteiger partial charge in [-0.2, -0.15) is 5.26 Å². The van der Waals surface area contributed by atoms with E-state index in [0.29, 0.717) is 30.9 Å². The largest absolute Gasteiger partial charge is 0.370 e. The zero-order chi connectivity index (χ0) is 17.8. The highest BCUT2D eigenvalue weighted by molar-refractivity contribution is 6.30. The Hall–Kier alpha value is -2.62. The van der Waals surface area contributed by atoms with E-state index in [0.717, 1.165) is 5.56 Å². The lowest BCUT2D eigenvalue weighted by Crippen LogP contribution is -2.44. The maximum atomic E-state index is 13.3. The molecule has 128 valence electrons. The third-order valence-corrected chi connectivity index (χ3v) is 4.20. The minimum absolute atomic E-state index is 0.0241. The van der Waals surface area contributed by atoms with Crippen LogP contribution in [0.4, 0.5) is 14.9 Å². The Morgan fingerprint density at radius 2 is 2.20 bits per heavy atom. The molecule has 0 unspecified atom stereocenters. The fourth-order valence-corrected chi connectivity index (χ4v) is 2.81. The van der Waals surface area contributed by atoms with Crippen molar-refractivity contribution in [2.24, 2.45) is 0 Å². The third-order valence-electron chi connectivity index (χ3n) is 3.91. The second-order valence-corrected chi connectivity index (χ2v) is 6.01. The van der Waals surface area contributed by atoms with Crippen molar-refractivity contribution in [1.82, 2.24) is 4.90 Å². The smallest absolute Gasteiger partial charge is 0.322 e. The molecule has 2 amide bonds. The van der Waals surface area contributed by atoms with Gasteiger partial charge in [0.25, 0.3) is 0 Å². The number of nitrogens with one attached hydrogen (secondary N) is 1. The van der Waals surface area contributed by atoms with Crippen LogP contribution in [-0.2, 0) is 4.74 Å². The number of carbonyl (C=O) groups is 1. The molecule has 5 nitrogen and oxygen atoms in total. The molecule has 0 radical (unpaired) electrons. The van der Waals surface area contributed by atoms with Crippen molar-refractivity contribution in [2.45, 2.75) is 6.10 Å². The molecule has 2 aromatic carbocycles. The molecule has 0 bridgehead atoms. The number of morpholine rings is 1. The molecule has 0 aromatic heterocycles. The number of benzene rings is 2. The SMILES string of the molecule is N#Cc1cccc(NC(=O)N2CCO[C@@H](c3ccc(F)c(Cl)c3)C2)c1. The number of carbonyl (C=O) groups excluding carboxylic acids is 1. The first-order valence-corrected chi connectivity index (χ1v) is 8.07. The van der Waals surface area contributed by atoms with E-state index in [2.05, 4.69) is 5.32 Å². The number of urea groups is 1. The third kappa shape index (κ3) is 4.08. The van der Waals surface area contributed by atoms with Gasteiger partial charge in [0.15, 0.2) is 0 Å². The molecule has 7 heteroatoms. The zero-order valence-corrected chi connectivity index (χ0v) is 14.0. The van der Waals surface area contributed by atoms with Gasteiger partial charge in [-0.15, -0.1) is 0 Å². The molecule has 0 saturated carbocycles. The van der Waals surface area contributed by atoms with Gasteiger partial charge in [-0.25, -0.2) is 9.18 Å². The summed E-state index contributed by atoms with van der Waals surface area (Å²) in [6.45, 7) is 1.13. The molecule has 0 aliphatic carbocycles. The quantitative estimate of drug-likeness (QED) is 0.882. The first kappa shape index (κ1) is 17.2. The van der Waals surface area contributed by atoms with Crippen LogP contribution >= 0.6 is 11.6 Å². The highest BCUT2D eigenvalue weighted by Gasteiger charge is 2.26. The molecule has 1 heterocycles. The molecular formula is C18H15ClFN3O2. The molecule has 1 aliphatic heterocycles. The Morgan fingerprint density at radius 1 is 1.36 bits per heavy atom. The predicted molar refractivity (Wildman–Crippen MR) is 91.9 cm³/mol. The topological polar surface area (TPSA) is 65.4 Å². The Balaban J connectivity index is 1.69. The Labute approximate surface area is 149 Å². The molecule has 25 heavy (non-hydrogen) atoms. The summed E-state index contributed by atoms with van der Waals surface area (Å²) in [6, 6.07) is 12.8. The number of ether oxygens (including phenoxy) is 1. The van der Waals surface area contributed by atoms with Crippen LogP contribution in [0.15, 0.2) is 42.5 Å². The zero-order valence-electron chi connectivity index (χ0n) is 13.2. The molecule has 1 fully saturated rings. The lowest BCUT2D eigenvalue weighted by molar-refractivity contribution is -0.0135. The summed E-state index contributed by atoms with van der Waals surface area (Å²) in [5.74, 6) is -0.492. The van der Waals surface area contributed by atoms with Crippen LogP contribution in [-0.4, -0.2) is 30.6 Å². The van der Waals surface area contributed by atoms with Gasteiger partial charge in [-0.05, 0) is 35.9 Å². The van der Waals surface area contributed by atoms with Crippen molar-refractivity contribution in [3.05, 3.63) is 64.4 Å². The summed E-state index contributed by atoms with van der Waals surface area (Å²) in [6.07, 6.45) is -0.372. The number of nitriles is 1. The number of hydrogen-bond donors (Lipinski definition) is 1. The van der Waals surface area contributed by atoms with E-state index in [4.69, 9.17) is 21.6 Å². The minimum atomic E-state index is -0.492. The second kappa shape index (κ2) is 7.51. The summed E-state index contributed by atoms with van der Waals surface area (Å²) in [7, 11) is 0. The molecule has 1 N–H and O–H groups in total. The van der Waals surface area contributed by atoms with Crippen molar-refractivity contribution >= 4 is 23.3 Å². The van der Waals surface area contributed by atoms with Crippen LogP contribution in [0, 0.1) is 17.1 Å². The Morgan fingerprint density at radius 3 is 2.96 bits per heavy atom. The molecule has 1 aliphatic rings. The summed E-state index contributed by atoms with van der Waals surface area (Å²) in [5, 5.41) is 11.7. The van der Waals surface area contributed by atoms with E-state index in [-0.39, 0.29) is 17.2 Å². The van der Waals surface area contributed by atoms with Crippen LogP contribution in [0.5, 0.6) is 0 Å². The van der Waals surface area contributed by atoms with Gasteiger partial charge in [0, 0.05) is 12.2 Å². The fourth-order valence-electron chi connectivity index (χ4n) is 2.62. The number of rotatable bonds is 2. The average molecular weight is 360 g/mol. The van der Waals surface area contributed by atoms with E-state index in [1.54, 1.807) is 35.2 Å². The van der Waals surface area contributed by atoms with Crippen molar-refractivity contribution < 1.29 is 13.9 Å². The van der Waals surface area contributed by atoms with E-state index < -0.39 is 5.82 Å². The van der Waals surface area contributed by atoms with Gasteiger partial charge in [0.05, 0.1) is 29.8 Å². The number of hydrogen-bond acceptors (Lipinski definition) is 3. The summed E-state index contributed by atoms with van der Waals surface area (Å²) in [5.41, 5.74) is 1.74. The Kier molecular flexibility index (Phi) is 5.17. The van der Waals surface area contributed by atoms with Gasteiger partial charge in [0.1, 0.15) is 11.9 Å². The van der Waals surface area contributed by atoms with Gasteiger partial charge in [0.2, 0.25) is 0 Å². The molecule has 0 spiro atoms. The van der Waals surface area contributed by atoms with Crippen LogP contribution in [0.3, 0.4) is 0 Å². The monoisotopic (exact) mass is 359 g/mol. The maximum absolute atomic E-state index is 13.3. The standard InChI is InChI=1S/C18H15ClFN3O2/c19-15-9-13(4-5-16(15)20)17-11-23(6-7-25-17)18(24)22-14-3-1-2-12(8-14)10-21/h1-5,8-9,17H,6-7,11H2,(H,22,24)/t17-/m1/s1. The van der Waals surface area contributed by atoms with Gasteiger partial charge in [-0.3, -0.25) is 0 Å². The van der Waals surface area contributed by atoms with Crippen molar-refractivity contribution in [3.63, 3.8) is 0 Å². The molecule has 2 aromatic rings. The van der Waals surface area contributed by atoms with Crippen LogP contribution in [0.1, 0.15) is 17.2 Å². The molecular weight excluding hydrogens is 345 g/mol. The number of halogens is 2. The fraction of sp³-hybridized carbons (Fsp3) is 0.222. The van der Waals surface area contributed by atoms with Gasteiger partial charge < -0.3 is 15.0 Å². The first-order chi connectivity index (χ1) is 12.1. The summed E-state index contributed by atoms with van der Waals surface area (Å²) in [4.78, 5) is 14.1. The average Bonchev–Trinajstić information content (AvgIpc) is 2.64. The van der Waals surface area contributed by atoms with Gasteiger partial charge >= 0.3 is 6.03 Å². The number of nitrogens with zero attached hydrogens (tertiary/aromatic N) is 2. The Bertz CT molecular complexity index is 837. The number of amides is 2. The minimum Gasteiger partial charge on any atom is -0.370 e. The maximum Gasteiger partial charge on any atom is 0.322 e. The van der Waals surface area contributed by atoms with E-state index in [9.17, 15) is 9.18 Å². The van der Waals surface area contributed by atoms with E-state index in [1.165, 1.54) is 12.1 Å². The van der Waals surface area contributed by atoms with Crippen molar-refractivity contribution in [3.8, 4) is 6.07 Å². The summed E-state index contributed by atoms with van der Waals surface area (Å²) >= 11 is 5.82. The van der Waals surface area contributed by atoms with Crippen molar-refractivity contribution in [2.75, 3.05) is 25.0 Å². The first-order valence-electron chi connectivity index (χ1n) is 7.69. The molecule has 1 atom stereocenters. The normalized spacial score (nSPS) is 17.0. The lowest BCUT2D eigenvalue weighted by Gasteiger charge is -2.33. The van der Waals surface area contributed by atoms with Crippen molar-refractivity contribution in [1.29, 1.82) is 5.26 Å². The number of anilines is 1. The van der Waals surface area contributed by atoms with Crippen LogP contribution in [0.2, 0.25) is 5.02 Å². The highest BCUT2D eigenvalue weighted by Crippen LogP contribution is 2.26. The predicted octanol–water partition coefficient (Wildman–Crippen LogP) is 3.96. The van der Waals surface area contributed by atoms with E-state index in [1.807, 2.05) is 6.07 Å². The highest BCUT2D eigenvalue weighted by atomic mass is 35.5. The molecule has 3 rings (SSSR count). The second-order valence-electron chi connectivity index (χ2n) is 5.60. The van der Waals surface area contributed by atoms with E-state index >= 15 is 0 Å². The van der Waals surface area contributed by atoms with Crippen LogP contribution in [0.25, 0.3) is 0 Å². The lowest BCUT2D eigenvalue weighted by atomic mass is 10.1. The molecule has 1 saturated heterocycles.